The monoisotopic (exact) mass is 366 g/mol. The van der Waals surface area contributed by atoms with Crippen molar-refractivity contribution in [1.29, 1.82) is 0 Å². The zero-order valence-electron chi connectivity index (χ0n) is 12.6. The Kier molecular flexibility index (Phi) is 5.13. The standard InChI is InChI=1S/C16H15ClN2O4S/c17-12-4-2-1-3-11(12)15-18-10(9-24-15)7-14(20)19-5-6-23-8-13(19)16(21)22/h1-4,9,13H,5-8H2,(H,21,22)/t13-/m0/s1. The van der Waals surface area contributed by atoms with Gasteiger partial charge in [-0.25, -0.2) is 9.78 Å². The molecule has 3 rings (SSSR count). The normalized spacial score (nSPS) is 17.7. The molecule has 0 radical (unpaired) electrons. The van der Waals surface area contributed by atoms with Crippen LogP contribution in [0.1, 0.15) is 5.69 Å². The smallest absolute Gasteiger partial charge is 0.328 e. The number of aliphatic carboxylic acids is 1. The van der Waals surface area contributed by atoms with Crippen LogP contribution in [-0.4, -0.2) is 52.7 Å². The van der Waals surface area contributed by atoms with E-state index in [1.165, 1.54) is 16.2 Å². The summed E-state index contributed by atoms with van der Waals surface area (Å²) in [6, 6.07) is 6.43. The molecule has 8 heteroatoms. The second kappa shape index (κ2) is 7.29. The van der Waals surface area contributed by atoms with Gasteiger partial charge in [0.25, 0.3) is 0 Å². The molecule has 1 amide bonds. The highest BCUT2D eigenvalue weighted by Crippen LogP contribution is 2.30. The summed E-state index contributed by atoms with van der Waals surface area (Å²) in [5.74, 6) is -1.32. The van der Waals surface area contributed by atoms with E-state index in [-0.39, 0.29) is 25.5 Å². The Morgan fingerprint density at radius 2 is 2.21 bits per heavy atom. The number of carbonyl (C=O) groups excluding carboxylic acids is 1. The molecule has 0 unspecified atom stereocenters. The molecule has 0 bridgehead atoms. The van der Waals surface area contributed by atoms with Crippen LogP contribution < -0.4 is 0 Å². The van der Waals surface area contributed by atoms with E-state index in [0.717, 1.165) is 10.6 Å². The first kappa shape index (κ1) is 16.9. The second-order valence-electron chi connectivity index (χ2n) is 5.32. The first-order valence-corrected chi connectivity index (χ1v) is 8.61. The molecule has 1 N–H and O–H groups in total. The summed E-state index contributed by atoms with van der Waals surface area (Å²) >= 11 is 7.57. The molecule has 1 aromatic carbocycles. The Hall–Kier alpha value is -1.96. The maximum Gasteiger partial charge on any atom is 0.328 e. The molecule has 0 spiro atoms. The average Bonchev–Trinajstić information content (AvgIpc) is 3.03. The van der Waals surface area contributed by atoms with Gasteiger partial charge in [0.05, 0.1) is 30.4 Å². The number of ether oxygens (including phenoxy) is 1. The highest BCUT2D eigenvalue weighted by Gasteiger charge is 2.32. The van der Waals surface area contributed by atoms with Crippen LogP contribution in [0.3, 0.4) is 0 Å². The van der Waals surface area contributed by atoms with Crippen LogP contribution in [-0.2, 0) is 20.7 Å². The van der Waals surface area contributed by atoms with Crippen LogP contribution >= 0.6 is 22.9 Å². The van der Waals surface area contributed by atoms with Gasteiger partial charge >= 0.3 is 5.97 Å². The summed E-state index contributed by atoms with van der Waals surface area (Å²) < 4.78 is 5.15. The van der Waals surface area contributed by atoms with E-state index < -0.39 is 12.0 Å². The Labute approximate surface area is 147 Å². The van der Waals surface area contributed by atoms with E-state index in [1.54, 1.807) is 11.4 Å². The van der Waals surface area contributed by atoms with Gasteiger partial charge in [-0.1, -0.05) is 29.8 Å². The number of carboxylic acid groups (broad SMARTS) is 1. The number of amides is 1. The fourth-order valence-corrected chi connectivity index (χ4v) is 3.65. The molecule has 1 saturated heterocycles. The topological polar surface area (TPSA) is 79.7 Å². The predicted molar refractivity (Wildman–Crippen MR) is 90.2 cm³/mol. The lowest BCUT2D eigenvalue weighted by atomic mass is 10.2. The molecule has 1 fully saturated rings. The van der Waals surface area contributed by atoms with E-state index >= 15 is 0 Å². The molecular formula is C16H15ClN2O4S. The van der Waals surface area contributed by atoms with E-state index in [1.807, 2.05) is 18.2 Å². The number of thiazole rings is 1. The zero-order valence-corrected chi connectivity index (χ0v) is 14.2. The molecule has 24 heavy (non-hydrogen) atoms. The van der Waals surface area contributed by atoms with Crippen LogP contribution in [0.15, 0.2) is 29.6 Å². The van der Waals surface area contributed by atoms with E-state index in [0.29, 0.717) is 17.3 Å². The molecule has 126 valence electrons. The second-order valence-corrected chi connectivity index (χ2v) is 6.58. The first-order chi connectivity index (χ1) is 11.6. The molecule has 1 aliphatic heterocycles. The van der Waals surface area contributed by atoms with Crippen LogP contribution in [0.2, 0.25) is 5.02 Å². The van der Waals surface area contributed by atoms with Gasteiger partial charge in [-0.2, -0.15) is 0 Å². The van der Waals surface area contributed by atoms with Crippen LogP contribution in [0.4, 0.5) is 0 Å². The lowest BCUT2D eigenvalue weighted by Crippen LogP contribution is -2.53. The first-order valence-electron chi connectivity index (χ1n) is 7.35. The Morgan fingerprint density at radius 3 is 2.96 bits per heavy atom. The molecule has 1 aliphatic rings. The van der Waals surface area contributed by atoms with Crippen LogP contribution in [0.5, 0.6) is 0 Å². The Balaban J connectivity index is 1.73. The SMILES string of the molecule is O=C(O)[C@@H]1COCCN1C(=O)Cc1csc(-c2ccccc2Cl)n1. The van der Waals surface area contributed by atoms with E-state index in [2.05, 4.69) is 4.98 Å². The molecule has 2 aromatic rings. The zero-order chi connectivity index (χ0) is 17.1. The molecular weight excluding hydrogens is 352 g/mol. The highest BCUT2D eigenvalue weighted by atomic mass is 35.5. The van der Waals surface area contributed by atoms with Crippen molar-refractivity contribution in [3.63, 3.8) is 0 Å². The minimum Gasteiger partial charge on any atom is -0.480 e. The van der Waals surface area contributed by atoms with Crippen molar-refractivity contribution >= 4 is 34.8 Å². The molecule has 0 saturated carbocycles. The third-order valence-electron chi connectivity index (χ3n) is 3.72. The molecule has 1 atom stereocenters. The van der Waals surface area contributed by atoms with Gasteiger partial charge in [0.15, 0.2) is 6.04 Å². The van der Waals surface area contributed by atoms with Gasteiger partial charge in [0.1, 0.15) is 5.01 Å². The third-order valence-corrected chi connectivity index (χ3v) is 4.98. The minimum atomic E-state index is -1.06. The minimum absolute atomic E-state index is 0.0169. The summed E-state index contributed by atoms with van der Waals surface area (Å²) in [6.07, 6.45) is 0.0603. The highest BCUT2D eigenvalue weighted by molar-refractivity contribution is 7.13. The van der Waals surface area contributed by atoms with Gasteiger partial charge in [-0.3, -0.25) is 4.79 Å². The fourth-order valence-electron chi connectivity index (χ4n) is 2.51. The summed E-state index contributed by atoms with van der Waals surface area (Å²) in [7, 11) is 0. The number of rotatable bonds is 4. The number of hydrogen-bond acceptors (Lipinski definition) is 5. The lowest BCUT2D eigenvalue weighted by molar-refractivity contribution is -0.158. The number of carbonyl (C=O) groups is 2. The number of aromatic nitrogens is 1. The van der Waals surface area contributed by atoms with Crippen molar-refractivity contribution in [2.45, 2.75) is 12.5 Å². The lowest BCUT2D eigenvalue weighted by Gasteiger charge is -2.32. The van der Waals surface area contributed by atoms with E-state index in [4.69, 9.17) is 16.3 Å². The molecule has 2 heterocycles. The number of carboxylic acids is 1. The number of morpholine rings is 1. The van der Waals surface area contributed by atoms with Crippen LogP contribution in [0, 0.1) is 0 Å². The molecule has 0 aliphatic carbocycles. The predicted octanol–water partition coefficient (Wildman–Crippen LogP) is 2.32. The average molecular weight is 367 g/mol. The summed E-state index contributed by atoms with van der Waals surface area (Å²) in [5.41, 5.74) is 1.42. The van der Waals surface area contributed by atoms with Crippen molar-refractivity contribution in [1.82, 2.24) is 9.88 Å². The van der Waals surface area contributed by atoms with Gasteiger partial charge < -0.3 is 14.7 Å². The van der Waals surface area contributed by atoms with Gasteiger partial charge in [-0.15, -0.1) is 11.3 Å². The van der Waals surface area contributed by atoms with Crippen molar-refractivity contribution in [2.24, 2.45) is 0 Å². The molecule has 6 nitrogen and oxygen atoms in total. The maximum atomic E-state index is 12.4. The van der Waals surface area contributed by atoms with Gasteiger partial charge in [0.2, 0.25) is 5.91 Å². The summed E-state index contributed by atoms with van der Waals surface area (Å²) in [5, 5.41) is 12.3. The van der Waals surface area contributed by atoms with Gasteiger partial charge in [0, 0.05) is 17.5 Å². The van der Waals surface area contributed by atoms with E-state index in [9.17, 15) is 14.7 Å². The summed E-state index contributed by atoms with van der Waals surface area (Å²) in [6.45, 7) is 0.637. The number of hydrogen-bond donors (Lipinski definition) is 1. The van der Waals surface area contributed by atoms with Crippen molar-refractivity contribution in [3.8, 4) is 10.6 Å². The van der Waals surface area contributed by atoms with Crippen molar-refractivity contribution in [2.75, 3.05) is 19.8 Å². The number of benzene rings is 1. The largest absolute Gasteiger partial charge is 0.480 e. The molecule has 1 aromatic heterocycles. The number of nitrogens with zero attached hydrogens (tertiary/aromatic N) is 2. The summed E-state index contributed by atoms with van der Waals surface area (Å²) in [4.78, 5) is 29.5. The quantitative estimate of drug-likeness (QED) is 0.898. The van der Waals surface area contributed by atoms with Crippen molar-refractivity contribution in [3.05, 3.63) is 40.4 Å². The Bertz CT molecular complexity index is 764. The fraction of sp³-hybridized carbons (Fsp3) is 0.312. The third kappa shape index (κ3) is 3.58. The number of halogens is 1. The van der Waals surface area contributed by atoms with Gasteiger partial charge in [-0.05, 0) is 6.07 Å². The Morgan fingerprint density at radius 1 is 1.42 bits per heavy atom. The maximum absolute atomic E-state index is 12.4. The van der Waals surface area contributed by atoms with Crippen molar-refractivity contribution < 1.29 is 19.4 Å². The van der Waals surface area contributed by atoms with Crippen LogP contribution in [0.25, 0.3) is 10.6 Å².